The van der Waals surface area contributed by atoms with Gasteiger partial charge < -0.3 is 18.9 Å². The Morgan fingerprint density at radius 1 is 1.27 bits per heavy atom. The van der Waals surface area contributed by atoms with Gasteiger partial charge in [-0.2, -0.15) is 0 Å². The molecular formula is C20H25N3O3. The number of aromatic nitrogens is 2. The Labute approximate surface area is 153 Å². The van der Waals surface area contributed by atoms with Crippen LogP contribution in [0.5, 0.6) is 5.75 Å². The third-order valence-corrected chi connectivity index (χ3v) is 5.10. The van der Waals surface area contributed by atoms with Crippen molar-refractivity contribution in [3.8, 4) is 5.75 Å². The molecule has 2 aliphatic rings. The minimum absolute atomic E-state index is 0.0163. The summed E-state index contributed by atoms with van der Waals surface area (Å²) in [5.41, 5.74) is 2.23. The monoisotopic (exact) mass is 355 g/mol. The van der Waals surface area contributed by atoms with Crippen LogP contribution in [0.1, 0.15) is 30.1 Å². The van der Waals surface area contributed by atoms with Crippen LogP contribution in [-0.2, 0) is 22.6 Å². The van der Waals surface area contributed by atoms with E-state index in [9.17, 15) is 4.79 Å². The molecule has 1 fully saturated rings. The van der Waals surface area contributed by atoms with E-state index in [2.05, 4.69) is 9.55 Å². The summed E-state index contributed by atoms with van der Waals surface area (Å²) in [4.78, 5) is 19.1. The van der Waals surface area contributed by atoms with Gasteiger partial charge in [0.15, 0.2) is 6.61 Å². The molecule has 4 rings (SSSR count). The summed E-state index contributed by atoms with van der Waals surface area (Å²) >= 11 is 0. The van der Waals surface area contributed by atoms with E-state index < -0.39 is 0 Å². The van der Waals surface area contributed by atoms with Crippen molar-refractivity contribution in [1.82, 2.24) is 14.5 Å². The van der Waals surface area contributed by atoms with Crippen LogP contribution in [0.2, 0.25) is 0 Å². The van der Waals surface area contributed by atoms with Gasteiger partial charge in [0, 0.05) is 31.8 Å². The highest BCUT2D eigenvalue weighted by molar-refractivity contribution is 5.78. The molecule has 1 saturated carbocycles. The number of methoxy groups -OCH3 is 1. The molecule has 0 radical (unpaired) electrons. The molecule has 26 heavy (non-hydrogen) atoms. The van der Waals surface area contributed by atoms with Crippen LogP contribution in [-0.4, -0.2) is 47.2 Å². The Morgan fingerprint density at radius 3 is 2.81 bits per heavy atom. The fraction of sp³-hybridized carbons (Fsp3) is 0.500. The van der Waals surface area contributed by atoms with Crippen LogP contribution in [0, 0.1) is 5.92 Å². The normalized spacial score (nSPS) is 19.3. The first-order valence-corrected chi connectivity index (χ1v) is 9.23. The molecule has 2 heterocycles. The Balaban J connectivity index is 1.45. The third-order valence-electron chi connectivity index (χ3n) is 5.10. The lowest BCUT2D eigenvalue weighted by Crippen LogP contribution is -2.42. The van der Waals surface area contributed by atoms with Crippen molar-refractivity contribution in [3.05, 3.63) is 48.0 Å². The standard InChI is InChI=1S/C20H25N3O3/c1-25-12-16-10-22(19(24)13-26-17-5-3-2-4-6-17)11-18-20(16)23(14-21-18)9-15-7-8-15/h2-6,14-16H,7-13H2,1H3/t16-/m0/s1. The molecule has 6 nitrogen and oxygen atoms in total. The van der Waals surface area contributed by atoms with Crippen molar-refractivity contribution in [1.29, 1.82) is 0 Å². The Hall–Kier alpha value is -2.34. The molecule has 6 heteroatoms. The number of hydrogen-bond donors (Lipinski definition) is 0. The molecule has 1 aliphatic carbocycles. The van der Waals surface area contributed by atoms with E-state index in [4.69, 9.17) is 9.47 Å². The maximum absolute atomic E-state index is 12.7. The molecule has 0 unspecified atom stereocenters. The zero-order valence-electron chi connectivity index (χ0n) is 15.1. The minimum atomic E-state index is -0.0163. The number of nitrogens with zero attached hydrogens (tertiary/aromatic N) is 3. The van der Waals surface area contributed by atoms with E-state index in [-0.39, 0.29) is 18.4 Å². The summed E-state index contributed by atoms with van der Waals surface area (Å²) in [6.07, 6.45) is 4.55. The predicted molar refractivity (Wildman–Crippen MR) is 96.9 cm³/mol. The average molecular weight is 355 g/mol. The summed E-state index contributed by atoms with van der Waals surface area (Å²) in [7, 11) is 1.71. The number of carbonyl (C=O) groups is 1. The van der Waals surface area contributed by atoms with Gasteiger partial charge in [0.25, 0.3) is 5.91 Å². The van der Waals surface area contributed by atoms with E-state index >= 15 is 0 Å². The number of imidazole rings is 1. The van der Waals surface area contributed by atoms with Gasteiger partial charge in [0.2, 0.25) is 0 Å². The van der Waals surface area contributed by atoms with Gasteiger partial charge in [-0.15, -0.1) is 0 Å². The van der Waals surface area contributed by atoms with Crippen LogP contribution >= 0.6 is 0 Å². The van der Waals surface area contributed by atoms with Gasteiger partial charge in [0.05, 0.1) is 25.2 Å². The fourth-order valence-corrected chi connectivity index (χ4v) is 3.62. The molecule has 0 spiro atoms. The van der Waals surface area contributed by atoms with Crippen molar-refractivity contribution >= 4 is 5.91 Å². The molecule has 1 aromatic carbocycles. The molecule has 0 saturated heterocycles. The molecule has 138 valence electrons. The predicted octanol–water partition coefficient (Wildman–Crippen LogP) is 2.44. The lowest BCUT2D eigenvalue weighted by molar-refractivity contribution is -0.135. The van der Waals surface area contributed by atoms with Crippen molar-refractivity contribution in [2.45, 2.75) is 31.8 Å². The number of hydrogen-bond acceptors (Lipinski definition) is 4. The van der Waals surface area contributed by atoms with Crippen molar-refractivity contribution in [2.24, 2.45) is 5.92 Å². The lowest BCUT2D eigenvalue weighted by atomic mass is 9.98. The molecule has 1 aromatic heterocycles. The fourth-order valence-electron chi connectivity index (χ4n) is 3.62. The smallest absolute Gasteiger partial charge is 0.260 e. The van der Waals surface area contributed by atoms with E-state index in [1.54, 1.807) is 7.11 Å². The van der Waals surface area contributed by atoms with Crippen molar-refractivity contribution < 1.29 is 14.3 Å². The number of fused-ring (bicyclic) bond motifs is 1. The molecule has 1 atom stereocenters. The topological polar surface area (TPSA) is 56.6 Å². The summed E-state index contributed by atoms with van der Waals surface area (Å²) in [6.45, 7) is 2.86. The number of para-hydroxylation sites is 1. The summed E-state index contributed by atoms with van der Waals surface area (Å²) in [5, 5.41) is 0. The van der Waals surface area contributed by atoms with Crippen molar-refractivity contribution in [2.75, 3.05) is 26.9 Å². The molecule has 0 bridgehead atoms. The maximum atomic E-state index is 12.7. The van der Waals surface area contributed by atoms with E-state index in [0.717, 1.165) is 18.2 Å². The second kappa shape index (κ2) is 7.50. The Kier molecular flexibility index (Phi) is 4.93. The van der Waals surface area contributed by atoms with Crippen LogP contribution in [0.25, 0.3) is 0 Å². The molecule has 2 aromatic rings. The van der Waals surface area contributed by atoms with E-state index in [1.165, 1.54) is 18.5 Å². The van der Waals surface area contributed by atoms with Gasteiger partial charge in [-0.25, -0.2) is 4.98 Å². The summed E-state index contributed by atoms with van der Waals surface area (Å²) < 4.78 is 13.3. The average Bonchev–Trinajstić information content (AvgIpc) is 3.39. The molecule has 1 aliphatic heterocycles. The third kappa shape index (κ3) is 3.75. The number of benzene rings is 1. The van der Waals surface area contributed by atoms with Crippen LogP contribution in [0.4, 0.5) is 0 Å². The zero-order valence-corrected chi connectivity index (χ0v) is 15.1. The minimum Gasteiger partial charge on any atom is -0.484 e. The van der Waals surface area contributed by atoms with Crippen molar-refractivity contribution in [3.63, 3.8) is 0 Å². The number of ether oxygens (including phenoxy) is 2. The largest absolute Gasteiger partial charge is 0.484 e. The Bertz CT molecular complexity index is 755. The number of carbonyl (C=O) groups excluding carboxylic acids is 1. The number of amides is 1. The first-order chi connectivity index (χ1) is 12.7. The van der Waals surface area contributed by atoms with Gasteiger partial charge in [-0.1, -0.05) is 18.2 Å². The summed E-state index contributed by atoms with van der Waals surface area (Å²) in [5.74, 6) is 1.64. The SMILES string of the molecule is COC[C@@H]1CN(C(=O)COc2ccccc2)Cc2ncn(CC3CC3)c21. The highest BCUT2D eigenvalue weighted by atomic mass is 16.5. The van der Waals surface area contributed by atoms with Crippen LogP contribution < -0.4 is 4.74 Å². The second-order valence-corrected chi connectivity index (χ2v) is 7.20. The molecular weight excluding hydrogens is 330 g/mol. The molecule has 0 N–H and O–H groups in total. The van der Waals surface area contributed by atoms with Crippen LogP contribution in [0.3, 0.4) is 0 Å². The van der Waals surface area contributed by atoms with Gasteiger partial charge in [-0.3, -0.25) is 4.79 Å². The lowest BCUT2D eigenvalue weighted by Gasteiger charge is -2.33. The van der Waals surface area contributed by atoms with Gasteiger partial charge >= 0.3 is 0 Å². The molecule has 1 amide bonds. The van der Waals surface area contributed by atoms with Gasteiger partial charge in [0.1, 0.15) is 5.75 Å². The van der Waals surface area contributed by atoms with Crippen LogP contribution in [0.15, 0.2) is 36.7 Å². The first kappa shape index (κ1) is 17.1. The highest BCUT2D eigenvalue weighted by Crippen LogP contribution is 2.34. The maximum Gasteiger partial charge on any atom is 0.260 e. The zero-order chi connectivity index (χ0) is 17.9. The quantitative estimate of drug-likeness (QED) is 0.765. The van der Waals surface area contributed by atoms with E-state index in [1.807, 2.05) is 41.6 Å². The highest BCUT2D eigenvalue weighted by Gasteiger charge is 2.33. The Morgan fingerprint density at radius 2 is 2.08 bits per heavy atom. The number of rotatable bonds is 7. The van der Waals surface area contributed by atoms with Gasteiger partial charge in [-0.05, 0) is 30.9 Å². The second-order valence-electron chi connectivity index (χ2n) is 7.20. The van der Waals surface area contributed by atoms with E-state index in [0.29, 0.717) is 25.4 Å². The first-order valence-electron chi connectivity index (χ1n) is 9.23. The summed E-state index contributed by atoms with van der Waals surface area (Å²) in [6, 6.07) is 9.43.